The summed E-state index contributed by atoms with van der Waals surface area (Å²) in [4.78, 5) is 6.58. The molecule has 1 aromatic carbocycles. The van der Waals surface area contributed by atoms with Crippen LogP contribution in [0.25, 0.3) is 0 Å². The van der Waals surface area contributed by atoms with Crippen LogP contribution in [0.1, 0.15) is 6.92 Å². The number of aromatic nitrogens is 1. The minimum Gasteiger partial charge on any atom is -0.326 e. The average molecular weight is 277 g/mol. The fourth-order valence-electron chi connectivity index (χ4n) is 1.64. The minimum atomic E-state index is 0.889. The van der Waals surface area contributed by atoms with E-state index >= 15 is 0 Å². The van der Waals surface area contributed by atoms with E-state index in [4.69, 9.17) is 0 Å². The van der Waals surface area contributed by atoms with Crippen molar-refractivity contribution in [3.05, 3.63) is 53.1 Å². The molecule has 2 rings (SSSR count). The van der Waals surface area contributed by atoms with Crippen molar-refractivity contribution >= 4 is 27.4 Å². The van der Waals surface area contributed by atoms with Crippen molar-refractivity contribution in [3.63, 3.8) is 0 Å². The Morgan fingerprint density at radius 2 is 1.88 bits per heavy atom. The molecule has 0 aliphatic heterocycles. The highest BCUT2D eigenvalue weighted by Gasteiger charge is 2.10. The fourth-order valence-corrected chi connectivity index (χ4v) is 2.11. The number of halogens is 1. The molecule has 82 valence electrons. The summed E-state index contributed by atoms with van der Waals surface area (Å²) in [5.74, 6) is 0.955. The molecule has 0 atom stereocenters. The maximum Gasteiger partial charge on any atom is 0.147 e. The van der Waals surface area contributed by atoms with Crippen molar-refractivity contribution in [1.29, 1.82) is 0 Å². The fraction of sp³-hybridized carbons (Fsp3) is 0.154. The van der Waals surface area contributed by atoms with E-state index in [1.807, 2.05) is 36.5 Å². The van der Waals surface area contributed by atoms with E-state index in [1.165, 1.54) is 0 Å². The SMILES string of the molecule is CCN(c1ccccc1)c1ncccc1Br. The maximum absolute atomic E-state index is 4.40. The summed E-state index contributed by atoms with van der Waals surface area (Å²) in [5, 5.41) is 0. The molecule has 0 bridgehead atoms. The highest BCUT2D eigenvalue weighted by molar-refractivity contribution is 9.10. The Kier molecular flexibility index (Phi) is 3.57. The molecule has 2 aromatic rings. The molecule has 16 heavy (non-hydrogen) atoms. The zero-order valence-corrected chi connectivity index (χ0v) is 10.7. The molecule has 0 spiro atoms. The van der Waals surface area contributed by atoms with Gasteiger partial charge in [-0.1, -0.05) is 18.2 Å². The summed E-state index contributed by atoms with van der Waals surface area (Å²) in [5.41, 5.74) is 1.16. The van der Waals surface area contributed by atoms with Gasteiger partial charge in [0, 0.05) is 18.4 Å². The largest absolute Gasteiger partial charge is 0.326 e. The second kappa shape index (κ2) is 5.12. The predicted octanol–water partition coefficient (Wildman–Crippen LogP) is 4.00. The van der Waals surface area contributed by atoms with E-state index in [1.54, 1.807) is 0 Å². The normalized spacial score (nSPS) is 10.1. The van der Waals surface area contributed by atoms with E-state index in [9.17, 15) is 0 Å². The Morgan fingerprint density at radius 3 is 2.50 bits per heavy atom. The van der Waals surface area contributed by atoms with E-state index < -0.39 is 0 Å². The van der Waals surface area contributed by atoms with E-state index in [2.05, 4.69) is 44.9 Å². The van der Waals surface area contributed by atoms with Crippen molar-refractivity contribution in [2.24, 2.45) is 0 Å². The first kappa shape index (κ1) is 11.1. The molecule has 0 N–H and O–H groups in total. The average Bonchev–Trinajstić information content (AvgIpc) is 2.34. The smallest absolute Gasteiger partial charge is 0.147 e. The van der Waals surface area contributed by atoms with Crippen molar-refractivity contribution in [3.8, 4) is 0 Å². The van der Waals surface area contributed by atoms with Crippen LogP contribution in [0.4, 0.5) is 11.5 Å². The molecule has 0 aliphatic rings. The first-order chi connectivity index (χ1) is 7.83. The topological polar surface area (TPSA) is 16.1 Å². The van der Waals surface area contributed by atoms with Gasteiger partial charge in [-0.15, -0.1) is 0 Å². The number of hydrogen-bond acceptors (Lipinski definition) is 2. The molecule has 0 unspecified atom stereocenters. The molecular formula is C13H13BrN2. The third-order valence-corrected chi connectivity index (χ3v) is 3.00. The molecule has 0 aliphatic carbocycles. The van der Waals surface area contributed by atoms with Crippen LogP contribution in [-0.2, 0) is 0 Å². The van der Waals surface area contributed by atoms with Crippen LogP contribution < -0.4 is 4.90 Å². The summed E-state index contributed by atoms with van der Waals surface area (Å²) in [6, 6.07) is 14.2. The van der Waals surface area contributed by atoms with E-state index in [0.717, 1.165) is 22.5 Å². The first-order valence-corrected chi connectivity index (χ1v) is 6.05. The Morgan fingerprint density at radius 1 is 1.12 bits per heavy atom. The number of benzene rings is 1. The molecule has 2 nitrogen and oxygen atoms in total. The zero-order valence-electron chi connectivity index (χ0n) is 9.10. The van der Waals surface area contributed by atoms with Crippen LogP contribution in [-0.4, -0.2) is 11.5 Å². The molecule has 3 heteroatoms. The third-order valence-electron chi connectivity index (χ3n) is 2.38. The van der Waals surface area contributed by atoms with Gasteiger partial charge in [0.25, 0.3) is 0 Å². The van der Waals surface area contributed by atoms with Crippen molar-refractivity contribution in [1.82, 2.24) is 4.98 Å². The van der Waals surface area contributed by atoms with Crippen molar-refractivity contribution in [2.75, 3.05) is 11.4 Å². The maximum atomic E-state index is 4.40. The Bertz CT molecular complexity index is 456. The third kappa shape index (κ3) is 2.25. The highest BCUT2D eigenvalue weighted by atomic mass is 79.9. The summed E-state index contributed by atoms with van der Waals surface area (Å²) in [7, 11) is 0. The molecule has 0 fully saturated rings. The van der Waals surface area contributed by atoms with Crippen LogP contribution in [0.5, 0.6) is 0 Å². The lowest BCUT2D eigenvalue weighted by Gasteiger charge is -2.22. The van der Waals surface area contributed by atoms with Gasteiger partial charge in [-0.2, -0.15) is 0 Å². The number of anilines is 2. The second-order valence-electron chi connectivity index (χ2n) is 3.39. The second-order valence-corrected chi connectivity index (χ2v) is 4.24. The number of nitrogens with zero attached hydrogens (tertiary/aromatic N) is 2. The summed E-state index contributed by atoms with van der Waals surface area (Å²) >= 11 is 3.53. The van der Waals surface area contributed by atoms with Crippen LogP contribution in [0.15, 0.2) is 53.1 Å². The first-order valence-electron chi connectivity index (χ1n) is 5.26. The van der Waals surface area contributed by atoms with Gasteiger partial charge in [0.05, 0.1) is 4.47 Å². The number of para-hydroxylation sites is 1. The van der Waals surface area contributed by atoms with Gasteiger partial charge >= 0.3 is 0 Å². The van der Waals surface area contributed by atoms with Gasteiger partial charge in [-0.05, 0) is 47.1 Å². The van der Waals surface area contributed by atoms with Gasteiger partial charge in [0.15, 0.2) is 0 Å². The summed E-state index contributed by atoms with van der Waals surface area (Å²) < 4.78 is 1.01. The zero-order chi connectivity index (χ0) is 11.4. The lowest BCUT2D eigenvalue weighted by molar-refractivity contribution is 0.985. The van der Waals surface area contributed by atoms with Crippen LogP contribution in [0.3, 0.4) is 0 Å². The number of rotatable bonds is 3. The lowest BCUT2D eigenvalue weighted by Crippen LogP contribution is -2.17. The number of pyridine rings is 1. The van der Waals surface area contributed by atoms with E-state index in [-0.39, 0.29) is 0 Å². The van der Waals surface area contributed by atoms with Gasteiger partial charge in [-0.3, -0.25) is 0 Å². The monoisotopic (exact) mass is 276 g/mol. The molecular weight excluding hydrogens is 264 g/mol. The van der Waals surface area contributed by atoms with Crippen molar-refractivity contribution in [2.45, 2.75) is 6.92 Å². The van der Waals surface area contributed by atoms with Gasteiger partial charge in [0.2, 0.25) is 0 Å². The molecule has 0 saturated carbocycles. The number of hydrogen-bond donors (Lipinski definition) is 0. The van der Waals surface area contributed by atoms with Gasteiger partial charge < -0.3 is 4.90 Å². The molecule has 0 amide bonds. The van der Waals surface area contributed by atoms with Gasteiger partial charge in [0.1, 0.15) is 5.82 Å². The van der Waals surface area contributed by atoms with Crippen LogP contribution in [0.2, 0.25) is 0 Å². The van der Waals surface area contributed by atoms with Gasteiger partial charge in [-0.25, -0.2) is 4.98 Å². The van der Waals surface area contributed by atoms with Crippen LogP contribution >= 0.6 is 15.9 Å². The molecule has 0 saturated heterocycles. The summed E-state index contributed by atoms with van der Waals surface area (Å²) in [6.07, 6.45) is 1.81. The molecule has 1 heterocycles. The van der Waals surface area contributed by atoms with Crippen LogP contribution in [0, 0.1) is 0 Å². The predicted molar refractivity (Wildman–Crippen MR) is 71.1 cm³/mol. The Hall–Kier alpha value is -1.35. The Balaban J connectivity index is 2.41. The van der Waals surface area contributed by atoms with E-state index in [0.29, 0.717) is 0 Å². The Labute approximate surface area is 104 Å². The molecule has 1 aromatic heterocycles. The molecule has 0 radical (unpaired) electrons. The minimum absolute atomic E-state index is 0.889. The quantitative estimate of drug-likeness (QED) is 0.842. The van der Waals surface area contributed by atoms with Crippen molar-refractivity contribution < 1.29 is 0 Å². The summed E-state index contributed by atoms with van der Waals surface area (Å²) in [6.45, 7) is 3.01. The highest BCUT2D eigenvalue weighted by Crippen LogP contribution is 2.29. The lowest BCUT2D eigenvalue weighted by atomic mass is 10.3. The standard InChI is InChI=1S/C13H13BrN2/c1-2-16(11-7-4-3-5-8-11)13-12(14)9-6-10-15-13/h3-10H,2H2,1H3.